The second-order valence-corrected chi connectivity index (χ2v) is 4.50. The van der Waals surface area contributed by atoms with E-state index in [1.807, 2.05) is 13.0 Å². The smallest absolute Gasteiger partial charge is 0.163 e. The Balaban J connectivity index is 2.77. The van der Waals surface area contributed by atoms with Gasteiger partial charge in [0.15, 0.2) is 5.78 Å². The molecule has 68 valence electrons. The van der Waals surface area contributed by atoms with Gasteiger partial charge >= 0.3 is 0 Å². The van der Waals surface area contributed by atoms with Crippen LogP contribution in [-0.4, -0.2) is 5.78 Å². The number of carbonyl (C=O) groups excluding carboxylic acids is 1. The molecule has 3 heteroatoms. The summed E-state index contributed by atoms with van der Waals surface area (Å²) in [7, 11) is 0. The molecule has 1 aliphatic rings. The van der Waals surface area contributed by atoms with Crippen LogP contribution in [0, 0.1) is 6.92 Å². The molecule has 0 radical (unpaired) electrons. The van der Waals surface area contributed by atoms with Gasteiger partial charge in [-0.2, -0.15) is 0 Å². The fourth-order valence-corrected chi connectivity index (χ4v) is 2.72. The van der Waals surface area contributed by atoms with E-state index in [0.717, 1.165) is 27.6 Å². The van der Waals surface area contributed by atoms with Crippen molar-refractivity contribution in [2.45, 2.75) is 19.8 Å². The van der Waals surface area contributed by atoms with Crippen LogP contribution in [0.1, 0.15) is 27.9 Å². The summed E-state index contributed by atoms with van der Waals surface area (Å²) in [5.74, 6) is 0.218. The fourth-order valence-electron chi connectivity index (χ4n) is 1.76. The van der Waals surface area contributed by atoms with Crippen LogP contribution in [0.2, 0.25) is 5.02 Å². The van der Waals surface area contributed by atoms with Gasteiger partial charge in [-0.3, -0.25) is 4.79 Å². The molecule has 0 fully saturated rings. The normalized spacial score (nSPS) is 14.8. The largest absolute Gasteiger partial charge is 0.294 e. The van der Waals surface area contributed by atoms with E-state index in [4.69, 9.17) is 11.6 Å². The molecular formula is C10H8BrClO. The van der Waals surface area contributed by atoms with Crippen LogP contribution in [0.4, 0.5) is 0 Å². The summed E-state index contributed by atoms with van der Waals surface area (Å²) in [6.45, 7) is 1.90. The molecule has 0 saturated carbocycles. The topological polar surface area (TPSA) is 17.1 Å². The first-order valence-electron chi connectivity index (χ1n) is 4.12. The third-order valence-electron chi connectivity index (χ3n) is 2.46. The van der Waals surface area contributed by atoms with Crippen LogP contribution >= 0.6 is 27.5 Å². The van der Waals surface area contributed by atoms with Crippen LogP contribution in [0.5, 0.6) is 0 Å². The third kappa shape index (κ3) is 1.32. The summed E-state index contributed by atoms with van der Waals surface area (Å²) in [6, 6.07) is 1.87. The number of benzene rings is 1. The van der Waals surface area contributed by atoms with E-state index in [2.05, 4.69) is 15.9 Å². The van der Waals surface area contributed by atoms with Gasteiger partial charge in [-0.15, -0.1) is 0 Å². The summed E-state index contributed by atoms with van der Waals surface area (Å²) >= 11 is 9.40. The second-order valence-electron chi connectivity index (χ2n) is 3.24. The number of hydrogen-bond acceptors (Lipinski definition) is 1. The summed E-state index contributed by atoms with van der Waals surface area (Å²) in [5, 5.41) is 0.667. The molecule has 0 spiro atoms. The minimum atomic E-state index is 0.218. The van der Waals surface area contributed by atoms with Gasteiger partial charge in [0, 0.05) is 21.5 Å². The molecule has 0 bridgehead atoms. The van der Waals surface area contributed by atoms with E-state index in [1.54, 1.807) is 0 Å². The molecule has 0 heterocycles. The Morgan fingerprint density at radius 2 is 2.15 bits per heavy atom. The average Bonchev–Trinajstić information content (AvgIpc) is 2.44. The Bertz CT molecular complexity index is 398. The molecular weight excluding hydrogens is 251 g/mol. The van der Waals surface area contributed by atoms with Crippen LogP contribution in [0.3, 0.4) is 0 Å². The number of carbonyl (C=O) groups is 1. The zero-order chi connectivity index (χ0) is 9.59. The zero-order valence-corrected chi connectivity index (χ0v) is 9.50. The predicted octanol–water partition coefficient (Wildman–Crippen LogP) is 3.54. The number of hydrogen-bond donors (Lipinski definition) is 0. The molecule has 1 aromatic rings. The van der Waals surface area contributed by atoms with Crippen molar-refractivity contribution in [2.75, 3.05) is 0 Å². The lowest BCUT2D eigenvalue weighted by Gasteiger charge is -2.06. The summed E-state index contributed by atoms with van der Waals surface area (Å²) < 4.78 is 0.962. The maximum Gasteiger partial charge on any atom is 0.163 e. The number of Topliss-reactive ketones (excluding diaryl/α,β-unsaturated/α-hetero) is 1. The van der Waals surface area contributed by atoms with Gasteiger partial charge in [-0.25, -0.2) is 0 Å². The first kappa shape index (κ1) is 9.22. The average molecular weight is 260 g/mol. The quantitative estimate of drug-likeness (QED) is 0.696. The Hall–Kier alpha value is -0.340. The van der Waals surface area contributed by atoms with Crippen molar-refractivity contribution < 1.29 is 4.79 Å². The Kier molecular flexibility index (Phi) is 2.20. The van der Waals surface area contributed by atoms with Gasteiger partial charge in [0.2, 0.25) is 0 Å². The minimum Gasteiger partial charge on any atom is -0.294 e. The van der Waals surface area contributed by atoms with Crippen molar-refractivity contribution in [3.05, 3.63) is 32.3 Å². The second kappa shape index (κ2) is 3.10. The van der Waals surface area contributed by atoms with E-state index in [-0.39, 0.29) is 5.78 Å². The third-order valence-corrected chi connectivity index (χ3v) is 3.56. The van der Waals surface area contributed by atoms with Gasteiger partial charge in [0.1, 0.15) is 0 Å². The maximum atomic E-state index is 11.5. The minimum absolute atomic E-state index is 0.218. The molecule has 2 rings (SSSR count). The zero-order valence-electron chi connectivity index (χ0n) is 7.16. The first-order chi connectivity index (χ1) is 6.11. The van der Waals surface area contributed by atoms with E-state index < -0.39 is 0 Å². The van der Waals surface area contributed by atoms with Gasteiger partial charge < -0.3 is 0 Å². The number of ketones is 1. The van der Waals surface area contributed by atoms with Crippen LogP contribution in [-0.2, 0) is 6.42 Å². The van der Waals surface area contributed by atoms with Crippen LogP contribution in [0.15, 0.2) is 10.5 Å². The Morgan fingerprint density at radius 1 is 1.46 bits per heavy atom. The number of halogens is 2. The molecule has 1 nitrogen and oxygen atoms in total. The van der Waals surface area contributed by atoms with Gasteiger partial charge in [0.25, 0.3) is 0 Å². The maximum absolute atomic E-state index is 11.5. The molecule has 0 N–H and O–H groups in total. The molecule has 0 aliphatic heterocycles. The Morgan fingerprint density at radius 3 is 2.85 bits per heavy atom. The number of rotatable bonds is 0. The molecule has 0 saturated heterocycles. The van der Waals surface area contributed by atoms with Crippen molar-refractivity contribution in [1.82, 2.24) is 0 Å². The monoisotopic (exact) mass is 258 g/mol. The van der Waals surface area contributed by atoms with Crippen molar-refractivity contribution in [2.24, 2.45) is 0 Å². The van der Waals surface area contributed by atoms with Gasteiger partial charge in [-0.1, -0.05) is 27.5 Å². The molecule has 0 aromatic heterocycles. The highest BCUT2D eigenvalue weighted by molar-refractivity contribution is 9.10. The highest BCUT2D eigenvalue weighted by Gasteiger charge is 2.24. The molecule has 1 aliphatic carbocycles. The lowest BCUT2D eigenvalue weighted by Crippen LogP contribution is -1.96. The van der Waals surface area contributed by atoms with Crippen LogP contribution < -0.4 is 0 Å². The molecule has 0 amide bonds. The van der Waals surface area contributed by atoms with E-state index in [1.165, 1.54) is 0 Å². The van der Waals surface area contributed by atoms with Crippen LogP contribution in [0.25, 0.3) is 0 Å². The highest BCUT2D eigenvalue weighted by Crippen LogP contribution is 2.35. The summed E-state index contributed by atoms with van der Waals surface area (Å²) in [6.07, 6.45) is 1.46. The SMILES string of the molecule is Cc1c(Cl)cc(Br)c2c1C(=O)CC2. The standard InChI is InChI=1S/C10H8BrClO/c1-5-8(12)4-7(11)6-2-3-9(13)10(5)6/h4H,2-3H2,1H3. The lowest BCUT2D eigenvalue weighted by molar-refractivity contribution is 0.0994. The highest BCUT2D eigenvalue weighted by atomic mass is 79.9. The predicted molar refractivity (Wildman–Crippen MR) is 56.5 cm³/mol. The molecule has 1 aromatic carbocycles. The lowest BCUT2D eigenvalue weighted by atomic mass is 10.0. The molecule has 0 atom stereocenters. The Labute approximate surface area is 90.2 Å². The van der Waals surface area contributed by atoms with Crippen molar-refractivity contribution >= 4 is 33.3 Å². The number of fused-ring (bicyclic) bond motifs is 1. The van der Waals surface area contributed by atoms with Crippen molar-refractivity contribution in [3.63, 3.8) is 0 Å². The van der Waals surface area contributed by atoms with Crippen molar-refractivity contribution in [1.29, 1.82) is 0 Å². The van der Waals surface area contributed by atoms with Gasteiger partial charge in [0.05, 0.1) is 0 Å². The summed E-state index contributed by atoms with van der Waals surface area (Å²) in [5.41, 5.74) is 2.87. The molecule has 0 unspecified atom stereocenters. The van der Waals surface area contributed by atoms with E-state index in [0.29, 0.717) is 11.4 Å². The van der Waals surface area contributed by atoms with Gasteiger partial charge in [-0.05, 0) is 30.5 Å². The van der Waals surface area contributed by atoms with Crippen molar-refractivity contribution in [3.8, 4) is 0 Å². The first-order valence-corrected chi connectivity index (χ1v) is 5.29. The van der Waals surface area contributed by atoms with E-state index in [9.17, 15) is 4.79 Å². The molecule has 13 heavy (non-hydrogen) atoms. The van der Waals surface area contributed by atoms with E-state index >= 15 is 0 Å². The summed E-state index contributed by atoms with van der Waals surface area (Å²) in [4.78, 5) is 11.5. The fraction of sp³-hybridized carbons (Fsp3) is 0.300.